The van der Waals surface area contributed by atoms with Crippen LogP contribution in [0.4, 0.5) is 0 Å². The molecule has 186 valence electrons. The van der Waals surface area contributed by atoms with Crippen molar-refractivity contribution in [3.8, 4) is 23.0 Å². The van der Waals surface area contributed by atoms with Gasteiger partial charge in [-0.15, -0.1) is 11.3 Å². The molecule has 0 unspecified atom stereocenters. The number of fused-ring (bicyclic) bond motifs is 1. The van der Waals surface area contributed by atoms with Crippen molar-refractivity contribution in [2.24, 2.45) is 5.92 Å². The summed E-state index contributed by atoms with van der Waals surface area (Å²) in [7, 11) is 0. The van der Waals surface area contributed by atoms with Crippen molar-refractivity contribution >= 4 is 27.2 Å². The van der Waals surface area contributed by atoms with E-state index in [1.165, 1.54) is 30.7 Å². The Hall–Kier alpha value is -3.35. The molecule has 1 aliphatic heterocycles. The van der Waals surface area contributed by atoms with Crippen LogP contribution in [0.5, 0.6) is 23.0 Å². The summed E-state index contributed by atoms with van der Waals surface area (Å²) in [6.45, 7) is 8.11. The number of likely N-dealkylation sites (tertiary alicyclic amines) is 1. The summed E-state index contributed by atoms with van der Waals surface area (Å²) >= 11 is 1.33. The van der Waals surface area contributed by atoms with Crippen LogP contribution < -0.4 is 9.47 Å². The number of benzene rings is 3. The Bertz CT molecular complexity index is 1360. The molecular weight excluding hydrogens is 470 g/mol. The van der Waals surface area contributed by atoms with Crippen LogP contribution >= 0.6 is 11.3 Å². The second-order valence-corrected chi connectivity index (χ2v) is 10.4. The van der Waals surface area contributed by atoms with Gasteiger partial charge in [-0.25, -0.2) is 0 Å². The molecule has 1 aliphatic rings. The molecule has 3 aromatic carbocycles. The van der Waals surface area contributed by atoms with Crippen LogP contribution in [0, 0.1) is 12.8 Å². The van der Waals surface area contributed by atoms with Crippen molar-refractivity contribution in [3.63, 3.8) is 0 Å². The third-order valence-electron chi connectivity index (χ3n) is 6.89. The molecule has 5 nitrogen and oxygen atoms in total. The fraction of sp³-hybridized carbons (Fsp3) is 0.300. The summed E-state index contributed by atoms with van der Waals surface area (Å²) in [5.41, 5.74) is 1.56. The largest absolute Gasteiger partial charge is 0.508 e. The third-order valence-corrected chi connectivity index (χ3v) is 8.02. The molecule has 1 aromatic heterocycles. The zero-order valence-corrected chi connectivity index (χ0v) is 21.5. The Labute approximate surface area is 215 Å². The van der Waals surface area contributed by atoms with Crippen molar-refractivity contribution in [3.05, 3.63) is 82.7 Å². The number of aryl methyl sites for hydroxylation is 1. The van der Waals surface area contributed by atoms with Gasteiger partial charge >= 0.3 is 0 Å². The van der Waals surface area contributed by atoms with Gasteiger partial charge in [-0.3, -0.25) is 9.69 Å². The molecule has 5 rings (SSSR count). The van der Waals surface area contributed by atoms with Crippen molar-refractivity contribution in [1.82, 2.24) is 4.90 Å². The summed E-state index contributed by atoms with van der Waals surface area (Å²) in [5, 5.41) is 10.8. The van der Waals surface area contributed by atoms with Crippen molar-refractivity contribution in [2.45, 2.75) is 26.7 Å². The van der Waals surface area contributed by atoms with Crippen LogP contribution in [-0.4, -0.2) is 42.0 Å². The van der Waals surface area contributed by atoms with E-state index in [0.29, 0.717) is 28.5 Å². The van der Waals surface area contributed by atoms with Gasteiger partial charge in [-0.1, -0.05) is 37.6 Å². The summed E-state index contributed by atoms with van der Waals surface area (Å²) < 4.78 is 13.1. The average molecular weight is 502 g/mol. The zero-order chi connectivity index (χ0) is 25.1. The highest BCUT2D eigenvalue weighted by molar-refractivity contribution is 7.21. The predicted molar refractivity (Wildman–Crippen MR) is 145 cm³/mol. The summed E-state index contributed by atoms with van der Waals surface area (Å²) in [4.78, 5) is 16.5. The molecule has 0 aliphatic carbocycles. The van der Waals surface area contributed by atoms with Gasteiger partial charge in [0.25, 0.3) is 0 Å². The molecule has 36 heavy (non-hydrogen) atoms. The fourth-order valence-corrected chi connectivity index (χ4v) is 5.84. The molecular formula is C30H31NO4S. The first-order valence-corrected chi connectivity index (χ1v) is 13.3. The lowest BCUT2D eigenvalue weighted by atomic mass is 10.0. The fourth-order valence-electron chi connectivity index (χ4n) is 4.73. The Morgan fingerprint density at radius 1 is 1.08 bits per heavy atom. The number of phenols is 1. The number of aromatic hydroxyl groups is 1. The van der Waals surface area contributed by atoms with E-state index in [4.69, 9.17) is 9.47 Å². The first-order chi connectivity index (χ1) is 17.5. The molecule has 0 saturated carbocycles. The number of ether oxygens (including phenoxy) is 2. The number of carbonyl (C=O) groups excluding carboxylic acids is 1. The topological polar surface area (TPSA) is 59.0 Å². The van der Waals surface area contributed by atoms with Gasteiger partial charge in [0, 0.05) is 28.7 Å². The number of hydrogen-bond donors (Lipinski definition) is 1. The molecule has 0 spiro atoms. The van der Waals surface area contributed by atoms with Gasteiger partial charge < -0.3 is 14.6 Å². The van der Waals surface area contributed by atoms with E-state index < -0.39 is 0 Å². The zero-order valence-electron chi connectivity index (χ0n) is 20.7. The number of hydrogen-bond acceptors (Lipinski definition) is 6. The standard InChI is InChI=1S/C30H31NO4S/c1-3-21-14-15-31(19-21)16-17-34-23-9-11-24(12-10-23)35-29-26-13-8-22(32)18-27(26)36-30(29)28(33)25-7-5-4-6-20(25)2/h4-13,18,21,32H,3,14-17,19H2,1-2H3/t21-/m1/s1. The monoisotopic (exact) mass is 501 g/mol. The van der Waals surface area contributed by atoms with E-state index in [9.17, 15) is 9.90 Å². The SMILES string of the molecule is CC[C@@H]1CCN(CCOc2ccc(Oc3c(C(=O)c4ccccc4C)sc4cc(O)ccc34)cc2)C1. The minimum Gasteiger partial charge on any atom is -0.508 e. The molecule has 4 aromatic rings. The number of ketones is 1. The average Bonchev–Trinajstić information content (AvgIpc) is 3.49. The van der Waals surface area contributed by atoms with Crippen LogP contribution in [0.3, 0.4) is 0 Å². The predicted octanol–water partition coefficient (Wildman–Crippen LogP) is 7.05. The summed E-state index contributed by atoms with van der Waals surface area (Å²) in [5.74, 6) is 2.82. The first-order valence-electron chi connectivity index (χ1n) is 12.5. The second kappa shape index (κ2) is 10.7. The number of phenolic OH excluding ortho intramolecular Hbond substituents is 1. The molecule has 0 bridgehead atoms. The lowest BCUT2D eigenvalue weighted by Gasteiger charge is -2.16. The molecule has 0 radical (unpaired) electrons. The van der Waals surface area contributed by atoms with E-state index >= 15 is 0 Å². The van der Waals surface area contributed by atoms with E-state index in [1.54, 1.807) is 18.2 Å². The molecule has 2 heterocycles. The number of carbonyl (C=O) groups is 1. The Balaban J connectivity index is 1.33. The van der Waals surface area contributed by atoms with Crippen molar-refractivity contribution in [2.75, 3.05) is 26.2 Å². The highest BCUT2D eigenvalue weighted by atomic mass is 32.1. The Kier molecular flexibility index (Phi) is 7.25. The van der Waals surface area contributed by atoms with Gasteiger partial charge in [0.1, 0.15) is 28.7 Å². The Morgan fingerprint density at radius 3 is 2.61 bits per heavy atom. The van der Waals surface area contributed by atoms with E-state index in [2.05, 4.69) is 11.8 Å². The summed E-state index contributed by atoms with van der Waals surface area (Å²) in [6.07, 6.45) is 2.53. The minimum atomic E-state index is -0.0871. The van der Waals surface area contributed by atoms with E-state index in [0.717, 1.165) is 40.4 Å². The van der Waals surface area contributed by atoms with Crippen LogP contribution in [0.2, 0.25) is 0 Å². The van der Waals surface area contributed by atoms with Gasteiger partial charge in [-0.05, 0) is 73.8 Å². The van der Waals surface area contributed by atoms with Crippen LogP contribution in [0.15, 0.2) is 66.7 Å². The quantitative estimate of drug-likeness (QED) is 0.249. The maximum atomic E-state index is 13.5. The van der Waals surface area contributed by atoms with Gasteiger partial charge in [0.2, 0.25) is 5.78 Å². The van der Waals surface area contributed by atoms with Crippen molar-refractivity contribution < 1.29 is 19.4 Å². The normalized spacial score (nSPS) is 15.9. The maximum Gasteiger partial charge on any atom is 0.207 e. The second-order valence-electron chi connectivity index (χ2n) is 9.37. The van der Waals surface area contributed by atoms with Crippen LogP contribution in [0.25, 0.3) is 10.1 Å². The number of rotatable bonds is 9. The smallest absolute Gasteiger partial charge is 0.207 e. The Morgan fingerprint density at radius 2 is 1.86 bits per heavy atom. The third kappa shape index (κ3) is 5.25. The number of nitrogens with zero attached hydrogens (tertiary/aromatic N) is 1. The minimum absolute atomic E-state index is 0.0871. The van der Waals surface area contributed by atoms with Crippen LogP contribution in [0.1, 0.15) is 40.6 Å². The lowest BCUT2D eigenvalue weighted by Crippen LogP contribution is -2.26. The highest BCUT2D eigenvalue weighted by Gasteiger charge is 2.23. The highest BCUT2D eigenvalue weighted by Crippen LogP contribution is 2.43. The molecule has 1 fully saturated rings. The molecule has 0 amide bonds. The van der Waals surface area contributed by atoms with Crippen molar-refractivity contribution in [1.29, 1.82) is 0 Å². The molecule has 6 heteroatoms. The van der Waals surface area contributed by atoms with Gasteiger partial charge in [0.05, 0.1) is 0 Å². The van der Waals surface area contributed by atoms with E-state index in [-0.39, 0.29) is 11.5 Å². The summed E-state index contributed by atoms with van der Waals surface area (Å²) in [6, 6.07) is 20.2. The maximum absolute atomic E-state index is 13.5. The first kappa shape index (κ1) is 24.3. The van der Waals surface area contributed by atoms with Gasteiger partial charge in [0.15, 0.2) is 5.75 Å². The lowest BCUT2D eigenvalue weighted by molar-refractivity contribution is 0.104. The molecule has 1 atom stereocenters. The number of thiophene rings is 1. The van der Waals surface area contributed by atoms with Gasteiger partial charge in [-0.2, -0.15) is 0 Å². The van der Waals surface area contributed by atoms with Crippen LogP contribution in [-0.2, 0) is 0 Å². The van der Waals surface area contributed by atoms with E-state index in [1.807, 2.05) is 55.5 Å². The molecule has 1 saturated heterocycles. The molecule has 1 N–H and O–H groups in total.